The number of nitrogens with one attached hydrogen (secondary N) is 3. The molecule has 1 fully saturated rings. The standard InChI is InChI=1S/C21H16F5N3O3/c22-15-7-14-17(8-16(15)23)27-9-18(14)29-20(31)19(30)28-11-5-13(6-11)32-12-3-1-10(2-4-12)21(24,25)26/h1-4,7-9,11,13,27H,5-6H2,(H,28,30)(H,29,31). The minimum atomic E-state index is -4.43. The lowest BCUT2D eigenvalue weighted by atomic mass is 9.89. The summed E-state index contributed by atoms with van der Waals surface area (Å²) in [5.41, 5.74) is -0.407. The molecule has 168 valence electrons. The molecule has 0 spiro atoms. The van der Waals surface area contributed by atoms with Crippen LogP contribution >= 0.6 is 0 Å². The van der Waals surface area contributed by atoms with E-state index in [0.717, 1.165) is 24.3 Å². The molecule has 32 heavy (non-hydrogen) atoms. The summed E-state index contributed by atoms with van der Waals surface area (Å²) in [6, 6.07) is 5.78. The Kier molecular flexibility index (Phi) is 5.49. The number of aromatic nitrogens is 1. The molecular formula is C21H16F5N3O3. The molecule has 3 aromatic rings. The number of hydrogen-bond acceptors (Lipinski definition) is 3. The number of halogens is 5. The highest BCUT2D eigenvalue weighted by molar-refractivity contribution is 6.40. The quantitative estimate of drug-likeness (QED) is 0.410. The van der Waals surface area contributed by atoms with Crippen LogP contribution in [0.4, 0.5) is 27.6 Å². The summed E-state index contributed by atoms with van der Waals surface area (Å²) in [7, 11) is 0. The van der Waals surface area contributed by atoms with Crippen LogP contribution in [0.15, 0.2) is 42.6 Å². The third kappa shape index (κ3) is 4.51. The van der Waals surface area contributed by atoms with Gasteiger partial charge in [-0.1, -0.05) is 0 Å². The van der Waals surface area contributed by atoms with Gasteiger partial charge in [0.05, 0.1) is 16.8 Å². The second-order valence-electron chi connectivity index (χ2n) is 7.37. The number of anilines is 1. The van der Waals surface area contributed by atoms with Crippen LogP contribution in [0.3, 0.4) is 0 Å². The van der Waals surface area contributed by atoms with Crippen LogP contribution in [0.5, 0.6) is 5.75 Å². The Balaban J connectivity index is 1.27. The third-order valence-electron chi connectivity index (χ3n) is 5.09. The van der Waals surface area contributed by atoms with Gasteiger partial charge in [0, 0.05) is 36.5 Å². The van der Waals surface area contributed by atoms with Gasteiger partial charge in [-0.2, -0.15) is 13.2 Å². The van der Waals surface area contributed by atoms with E-state index in [1.165, 1.54) is 18.3 Å². The molecule has 2 aromatic carbocycles. The zero-order valence-corrected chi connectivity index (χ0v) is 16.2. The molecule has 1 aromatic heterocycles. The van der Waals surface area contributed by atoms with Gasteiger partial charge in [0.25, 0.3) is 0 Å². The maximum Gasteiger partial charge on any atom is 0.416 e. The first-order valence-electron chi connectivity index (χ1n) is 9.52. The highest BCUT2D eigenvalue weighted by Gasteiger charge is 2.34. The average Bonchev–Trinajstić information content (AvgIpc) is 3.07. The van der Waals surface area contributed by atoms with E-state index in [1.54, 1.807) is 0 Å². The Labute approximate surface area is 177 Å². The zero-order chi connectivity index (χ0) is 23.0. The van der Waals surface area contributed by atoms with Crippen LogP contribution in [-0.2, 0) is 15.8 Å². The number of hydrogen-bond donors (Lipinski definition) is 3. The smallest absolute Gasteiger partial charge is 0.416 e. The second kappa shape index (κ2) is 8.13. The van der Waals surface area contributed by atoms with Gasteiger partial charge in [-0.3, -0.25) is 9.59 Å². The molecule has 3 N–H and O–H groups in total. The summed E-state index contributed by atoms with van der Waals surface area (Å²) in [6.07, 6.45) is -2.69. The molecule has 1 heterocycles. The minimum Gasteiger partial charge on any atom is -0.490 e. The van der Waals surface area contributed by atoms with Gasteiger partial charge in [0.1, 0.15) is 11.9 Å². The van der Waals surface area contributed by atoms with E-state index in [1.807, 2.05) is 0 Å². The van der Waals surface area contributed by atoms with E-state index < -0.39 is 35.2 Å². The Morgan fingerprint density at radius 1 is 1.00 bits per heavy atom. The molecule has 0 bridgehead atoms. The van der Waals surface area contributed by atoms with Crippen molar-refractivity contribution in [2.75, 3.05) is 5.32 Å². The van der Waals surface area contributed by atoms with Crippen LogP contribution in [0.25, 0.3) is 10.9 Å². The van der Waals surface area contributed by atoms with Gasteiger partial charge in [-0.25, -0.2) is 8.78 Å². The fourth-order valence-corrected chi connectivity index (χ4v) is 3.34. The highest BCUT2D eigenvalue weighted by atomic mass is 19.4. The summed E-state index contributed by atoms with van der Waals surface area (Å²) >= 11 is 0. The minimum absolute atomic E-state index is 0.121. The van der Waals surface area contributed by atoms with Gasteiger partial charge in [0.15, 0.2) is 11.6 Å². The van der Waals surface area contributed by atoms with E-state index >= 15 is 0 Å². The molecule has 0 saturated heterocycles. The first-order valence-corrected chi connectivity index (χ1v) is 9.52. The van der Waals surface area contributed by atoms with Crippen molar-refractivity contribution in [3.05, 3.63) is 59.8 Å². The first-order chi connectivity index (χ1) is 15.1. The summed E-state index contributed by atoms with van der Waals surface area (Å²) in [5, 5.41) is 5.06. The number of rotatable bonds is 4. The van der Waals surface area contributed by atoms with Crippen molar-refractivity contribution in [3.63, 3.8) is 0 Å². The number of alkyl halides is 3. The molecule has 0 radical (unpaired) electrons. The summed E-state index contributed by atoms with van der Waals surface area (Å²) in [4.78, 5) is 26.9. The first kappa shape index (κ1) is 21.6. The molecule has 4 rings (SSSR count). The molecule has 1 saturated carbocycles. The molecular weight excluding hydrogens is 437 g/mol. The van der Waals surface area contributed by atoms with Crippen molar-refractivity contribution < 1.29 is 36.3 Å². The predicted octanol–water partition coefficient (Wildman–Crippen LogP) is 4.13. The molecule has 1 aliphatic carbocycles. The number of ether oxygens (including phenoxy) is 1. The van der Waals surface area contributed by atoms with Crippen LogP contribution in [0.2, 0.25) is 0 Å². The summed E-state index contributed by atoms with van der Waals surface area (Å²) in [5.74, 6) is -3.77. The summed E-state index contributed by atoms with van der Waals surface area (Å²) < 4.78 is 70.0. The van der Waals surface area contributed by atoms with E-state index in [0.29, 0.717) is 12.8 Å². The lowest BCUT2D eigenvalue weighted by molar-refractivity contribution is -0.137. The predicted molar refractivity (Wildman–Crippen MR) is 104 cm³/mol. The Morgan fingerprint density at radius 2 is 1.66 bits per heavy atom. The number of carbonyl (C=O) groups is 2. The van der Waals surface area contributed by atoms with Crippen LogP contribution < -0.4 is 15.4 Å². The molecule has 0 atom stereocenters. The van der Waals surface area contributed by atoms with Gasteiger partial charge in [-0.05, 0) is 30.3 Å². The van der Waals surface area contributed by atoms with Crippen LogP contribution in [0.1, 0.15) is 18.4 Å². The van der Waals surface area contributed by atoms with E-state index in [4.69, 9.17) is 4.74 Å². The van der Waals surface area contributed by atoms with Gasteiger partial charge < -0.3 is 20.4 Å². The zero-order valence-electron chi connectivity index (χ0n) is 16.2. The topological polar surface area (TPSA) is 83.2 Å². The van der Waals surface area contributed by atoms with Crippen molar-refractivity contribution in [3.8, 4) is 5.75 Å². The van der Waals surface area contributed by atoms with Crippen LogP contribution in [0, 0.1) is 11.6 Å². The van der Waals surface area contributed by atoms with Crippen molar-refractivity contribution in [1.82, 2.24) is 10.3 Å². The maximum absolute atomic E-state index is 13.4. The van der Waals surface area contributed by atoms with Crippen molar-refractivity contribution in [2.45, 2.75) is 31.2 Å². The van der Waals surface area contributed by atoms with E-state index in [9.17, 15) is 31.5 Å². The Hall–Kier alpha value is -3.63. The average molecular weight is 453 g/mol. The fraction of sp³-hybridized carbons (Fsp3) is 0.238. The van der Waals surface area contributed by atoms with Crippen molar-refractivity contribution in [2.24, 2.45) is 0 Å². The maximum atomic E-state index is 13.4. The largest absolute Gasteiger partial charge is 0.490 e. The van der Waals surface area contributed by atoms with Gasteiger partial charge >= 0.3 is 18.0 Å². The second-order valence-corrected chi connectivity index (χ2v) is 7.37. The highest BCUT2D eigenvalue weighted by Crippen LogP contribution is 2.32. The van der Waals surface area contributed by atoms with Gasteiger partial charge in [0.2, 0.25) is 0 Å². The molecule has 6 nitrogen and oxygen atoms in total. The van der Waals surface area contributed by atoms with E-state index in [-0.39, 0.29) is 34.5 Å². The number of carbonyl (C=O) groups excluding carboxylic acids is 2. The van der Waals surface area contributed by atoms with Crippen LogP contribution in [-0.4, -0.2) is 28.9 Å². The van der Waals surface area contributed by atoms with Gasteiger partial charge in [-0.15, -0.1) is 0 Å². The molecule has 0 unspecified atom stereocenters. The number of fused-ring (bicyclic) bond motifs is 1. The number of H-pyrrole nitrogens is 1. The number of amides is 2. The third-order valence-corrected chi connectivity index (χ3v) is 5.09. The van der Waals surface area contributed by atoms with Crippen molar-refractivity contribution in [1.29, 1.82) is 0 Å². The SMILES string of the molecule is O=C(Nc1c[nH]c2cc(F)c(F)cc12)C(=O)NC1CC(Oc2ccc(C(F)(F)F)cc2)C1. The number of aromatic amines is 1. The molecule has 1 aliphatic rings. The monoisotopic (exact) mass is 453 g/mol. The Bertz CT molecular complexity index is 1170. The molecule has 11 heteroatoms. The molecule has 2 amide bonds. The Morgan fingerprint density at radius 3 is 2.31 bits per heavy atom. The molecule has 0 aliphatic heterocycles. The lowest BCUT2D eigenvalue weighted by Gasteiger charge is -2.35. The number of benzene rings is 2. The normalized spacial score (nSPS) is 18.2. The van der Waals surface area contributed by atoms with E-state index in [2.05, 4.69) is 15.6 Å². The lowest BCUT2D eigenvalue weighted by Crippen LogP contribution is -2.51. The van der Waals surface area contributed by atoms with Crippen molar-refractivity contribution >= 4 is 28.4 Å². The summed E-state index contributed by atoms with van der Waals surface area (Å²) in [6.45, 7) is 0. The fourth-order valence-electron chi connectivity index (χ4n) is 3.34.